The van der Waals surface area contributed by atoms with Gasteiger partial charge in [0.15, 0.2) is 5.82 Å². The summed E-state index contributed by atoms with van der Waals surface area (Å²) in [5.74, 6) is 0.704. The minimum Gasteiger partial charge on any atom is -0.309 e. The van der Waals surface area contributed by atoms with Gasteiger partial charge in [0.1, 0.15) is 0 Å². The highest BCUT2D eigenvalue weighted by Crippen LogP contribution is 2.51. The van der Waals surface area contributed by atoms with Crippen molar-refractivity contribution in [3.05, 3.63) is 211 Å². The third-order valence-electron chi connectivity index (χ3n) is 12.8. The van der Waals surface area contributed by atoms with Crippen LogP contribution < -0.4 is 0 Å². The summed E-state index contributed by atoms with van der Waals surface area (Å²) in [6.07, 6.45) is 0. The Labute approximate surface area is 348 Å². The molecule has 1 aliphatic carbocycles. The Morgan fingerprint density at radius 2 is 0.983 bits per heavy atom. The molecular formula is C57H39N3. The predicted molar refractivity (Wildman–Crippen MR) is 251 cm³/mol. The van der Waals surface area contributed by atoms with E-state index in [1.807, 2.05) is 0 Å². The third-order valence-corrected chi connectivity index (χ3v) is 12.8. The zero-order valence-electron chi connectivity index (χ0n) is 33.4. The maximum absolute atomic E-state index is 5.48. The van der Waals surface area contributed by atoms with Crippen LogP contribution in [0.2, 0.25) is 0 Å². The molecular weight excluding hydrogens is 727 g/mol. The summed E-state index contributed by atoms with van der Waals surface area (Å²) >= 11 is 0. The highest BCUT2D eigenvalue weighted by Gasteiger charge is 2.36. The highest BCUT2D eigenvalue weighted by molar-refractivity contribution is 6.15. The van der Waals surface area contributed by atoms with Gasteiger partial charge < -0.3 is 4.57 Å². The maximum atomic E-state index is 5.48. The third kappa shape index (κ3) is 5.22. The van der Waals surface area contributed by atoms with Gasteiger partial charge in [0, 0.05) is 38.6 Å². The molecule has 0 saturated heterocycles. The first-order valence-electron chi connectivity index (χ1n) is 20.7. The van der Waals surface area contributed by atoms with Gasteiger partial charge in [0.25, 0.3) is 0 Å². The molecule has 0 spiro atoms. The van der Waals surface area contributed by atoms with Crippen molar-refractivity contribution < 1.29 is 0 Å². The second-order valence-corrected chi connectivity index (χ2v) is 16.6. The lowest BCUT2D eigenvalue weighted by atomic mass is 9.81. The molecule has 0 atom stereocenters. The maximum Gasteiger partial charge on any atom is 0.161 e. The smallest absolute Gasteiger partial charge is 0.161 e. The quantitative estimate of drug-likeness (QED) is 0.175. The average Bonchev–Trinajstić information content (AvgIpc) is 3.76. The summed E-state index contributed by atoms with van der Waals surface area (Å²) in [4.78, 5) is 10.8. The fraction of sp³-hybridized carbons (Fsp3) is 0.0526. The van der Waals surface area contributed by atoms with Crippen LogP contribution in [0.15, 0.2) is 200 Å². The van der Waals surface area contributed by atoms with Gasteiger partial charge in [-0.15, -0.1) is 0 Å². The number of hydrogen-bond donors (Lipinski definition) is 0. The van der Waals surface area contributed by atoms with Crippen LogP contribution in [-0.2, 0) is 5.41 Å². The van der Waals surface area contributed by atoms with Crippen LogP contribution in [0.5, 0.6) is 0 Å². The van der Waals surface area contributed by atoms with Gasteiger partial charge >= 0.3 is 0 Å². The summed E-state index contributed by atoms with van der Waals surface area (Å²) in [6, 6.07) is 72.3. The first-order valence-corrected chi connectivity index (χ1v) is 20.7. The van der Waals surface area contributed by atoms with Crippen LogP contribution in [0.4, 0.5) is 0 Å². The van der Waals surface area contributed by atoms with E-state index in [0.717, 1.165) is 50.2 Å². The summed E-state index contributed by atoms with van der Waals surface area (Å²) in [5.41, 5.74) is 16.1. The second kappa shape index (κ2) is 13.2. The SMILES string of the molecule is CC1(C)c2cc(-c3ccc(-c4nc(-c5ccccc5)cc(-c5cccc6c5c5ccccc5n6-c5ccccc5)n4)c4ccccc34)ccc2-c2cc3ccccc3cc21. The summed E-state index contributed by atoms with van der Waals surface area (Å²) in [5, 5.41) is 7.24. The summed E-state index contributed by atoms with van der Waals surface area (Å²) < 4.78 is 2.36. The number of benzene rings is 9. The number of hydrogen-bond acceptors (Lipinski definition) is 2. The standard InChI is InChI=1S/C57H39N3/c1-57(2)49-34-39(28-29-44(49)48-32-37-18-9-10-19-38(37)33-50(48)57)41-30-31-45(43-23-12-11-22-42(41)43)56-58-51(36-16-5-3-6-17-36)35-52(59-56)46-25-15-27-54-55(46)47-24-13-14-26-53(47)60(54)40-20-7-4-8-21-40/h3-35H,1-2H3. The van der Waals surface area contributed by atoms with Gasteiger partial charge in [0.05, 0.1) is 22.4 Å². The molecule has 0 amide bonds. The number of fused-ring (bicyclic) bond motifs is 8. The molecule has 0 saturated carbocycles. The summed E-state index contributed by atoms with van der Waals surface area (Å²) in [6.45, 7) is 4.73. The lowest BCUT2D eigenvalue weighted by Crippen LogP contribution is -2.15. The first kappa shape index (κ1) is 34.4. The molecule has 9 aromatic carbocycles. The van der Waals surface area contributed by atoms with Crippen molar-refractivity contribution in [2.45, 2.75) is 19.3 Å². The van der Waals surface area contributed by atoms with E-state index >= 15 is 0 Å². The van der Waals surface area contributed by atoms with Crippen LogP contribution in [0.1, 0.15) is 25.0 Å². The van der Waals surface area contributed by atoms with Crippen LogP contribution in [0, 0.1) is 0 Å². The Bertz CT molecular complexity index is 3500. The van der Waals surface area contributed by atoms with Crippen molar-refractivity contribution in [3.63, 3.8) is 0 Å². The molecule has 2 aromatic heterocycles. The van der Waals surface area contributed by atoms with Crippen molar-refractivity contribution >= 4 is 43.4 Å². The molecule has 1 aliphatic rings. The van der Waals surface area contributed by atoms with Crippen molar-refractivity contribution in [2.24, 2.45) is 0 Å². The van der Waals surface area contributed by atoms with E-state index in [4.69, 9.17) is 9.97 Å². The van der Waals surface area contributed by atoms with E-state index in [0.29, 0.717) is 5.82 Å². The predicted octanol–water partition coefficient (Wildman–Crippen LogP) is 14.9. The first-order chi connectivity index (χ1) is 29.5. The van der Waals surface area contributed by atoms with E-state index in [-0.39, 0.29) is 5.41 Å². The van der Waals surface area contributed by atoms with Crippen LogP contribution >= 0.6 is 0 Å². The van der Waals surface area contributed by atoms with Crippen LogP contribution in [-0.4, -0.2) is 14.5 Å². The van der Waals surface area contributed by atoms with Gasteiger partial charge in [-0.2, -0.15) is 0 Å². The minimum atomic E-state index is -0.126. The summed E-state index contributed by atoms with van der Waals surface area (Å²) in [7, 11) is 0. The van der Waals surface area contributed by atoms with Crippen molar-refractivity contribution in [3.8, 4) is 61.8 Å². The molecule has 0 fully saturated rings. The Morgan fingerprint density at radius 3 is 1.78 bits per heavy atom. The molecule has 0 N–H and O–H groups in total. The van der Waals surface area contributed by atoms with E-state index in [1.165, 1.54) is 60.3 Å². The van der Waals surface area contributed by atoms with E-state index in [1.54, 1.807) is 0 Å². The molecule has 282 valence electrons. The monoisotopic (exact) mass is 765 g/mol. The second-order valence-electron chi connectivity index (χ2n) is 16.6. The minimum absolute atomic E-state index is 0.126. The molecule has 2 heterocycles. The molecule has 12 rings (SSSR count). The molecule has 11 aromatic rings. The lowest BCUT2D eigenvalue weighted by Gasteiger charge is -2.22. The zero-order valence-corrected chi connectivity index (χ0v) is 33.4. The lowest BCUT2D eigenvalue weighted by molar-refractivity contribution is 0.661. The average molecular weight is 766 g/mol. The van der Waals surface area contributed by atoms with Gasteiger partial charge in [-0.25, -0.2) is 9.97 Å². The van der Waals surface area contributed by atoms with Gasteiger partial charge in [-0.1, -0.05) is 159 Å². The largest absolute Gasteiger partial charge is 0.309 e. The van der Waals surface area contributed by atoms with E-state index in [9.17, 15) is 0 Å². The molecule has 0 aliphatic heterocycles. The van der Waals surface area contributed by atoms with Crippen molar-refractivity contribution in [1.82, 2.24) is 14.5 Å². The fourth-order valence-corrected chi connectivity index (χ4v) is 9.89. The Kier molecular flexibility index (Phi) is 7.58. The van der Waals surface area contributed by atoms with Crippen LogP contribution in [0.25, 0.3) is 105 Å². The normalized spacial score (nSPS) is 13.0. The zero-order chi connectivity index (χ0) is 40.0. The molecule has 3 heteroatoms. The molecule has 3 nitrogen and oxygen atoms in total. The molecule has 0 radical (unpaired) electrons. The highest BCUT2D eigenvalue weighted by atomic mass is 15.0. The fourth-order valence-electron chi connectivity index (χ4n) is 9.89. The Balaban J connectivity index is 1.04. The molecule has 60 heavy (non-hydrogen) atoms. The van der Waals surface area contributed by atoms with Gasteiger partial charge in [-0.3, -0.25) is 0 Å². The number of aromatic nitrogens is 3. The topological polar surface area (TPSA) is 30.7 Å². The Morgan fingerprint density at radius 1 is 0.383 bits per heavy atom. The molecule has 0 unspecified atom stereocenters. The number of rotatable bonds is 5. The van der Waals surface area contributed by atoms with Crippen molar-refractivity contribution in [1.29, 1.82) is 0 Å². The van der Waals surface area contributed by atoms with Gasteiger partial charge in [0.2, 0.25) is 0 Å². The number of nitrogens with zero attached hydrogens (tertiary/aromatic N) is 3. The Hall–Kier alpha value is -7.62. The number of para-hydroxylation sites is 2. The van der Waals surface area contributed by atoms with E-state index < -0.39 is 0 Å². The van der Waals surface area contributed by atoms with Crippen LogP contribution in [0.3, 0.4) is 0 Å². The van der Waals surface area contributed by atoms with E-state index in [2.05, 4.69) is 219 Å². The molecule has 0 bridgehead atoms. The van der Waals surface area contributed by atoms with Gasteiger partial charge in [-0.05, 0) is 110 Å². The van der Waals surface area contributed by atoms with Crippen molar-refractivity contribution in [2.75, 3.05) is 0 Å².